The van der Waals surface area contributed by atoms with Crippen LogP contribution in [-0.2, 0) is 6.42 Å². The lowest BCUT2D eigenvalue weighted by molar-refractivity contribution is -0.00610. The van der Waals surface area contributed by atoms with E-state index < -0.39 is 0 Å². The fourth-order valence-corrected chi connectivity index (χ4v) is 3.81. The molecule has 1 aromatic rings. The number of hydrogen-bond acceptors (Lipinski definition) is 1. The van der Waals surface area contributed by atoms with Gasteiger partial charge in [-0.3, -0.25) is 0 Å². The number of benzene rings is 1. The summed E-state index contributed by atoms with van der Waals surface area (Å²) in [6.45, 7) is 6.81. The molecule has 20 heavy (non-hydrogen) atoms. The van der Waals surface area contributed by atoms with Gasteiger partial charge in [-0.15, -0.1) is 0 Å². The summed E-state index contributed by atoms with van der Waals surface area (Å²) in [5, 5.41) is 10.9. The molecule has 2 unspecified atom stereocenters. The van der Waals surface area contributed by atoms with Gasteiger partial charge >= 0.3 is 0 Å². The highest BCUT2D eigenvalue weighted by Gasteiger charge is 2.46. The summed E-state index contributed by atoms with van der Waals surface area (Å²) >= 11 is 0. The number of rotatable bonds is 7. The van der Waals surface area contributed by atoms with E-state index in [0.717, 1.165) is 12.8 Å². The Morgan fingerprint density at radius 1 is 1.15 bits per heavy atom. The van der Waals surface area contributed by atoms with Crippen molar-refractivity contribution in [2.24, 2.45) is 11.3 Å². The Morgan fingerprint density at radius 2 is 1.85 bits per heavy atom. The molecule has 0 spiro atoms. The molecule has 2 rings (SSSR count). The van der Waals surface area contributed by atoms with E-state index in [-0.39, 0.29) is 11.5 Å². The highest BCUT2D eigenvalue weighted by Crippen LogP contribution is 2.53. The van der Waals surface area contributed by atoms with E-state index in [2.05, 4.69) is 45.0 Å². The van der Waals surface area contributed by atoms with E-state index in [1.54, 1.807) is 0 Å². The van der Waals surface area contributed by atoms with Crippen molar-refractivity contribution in [1.29, 1.82) is 0 Å². The van der Waals surface area contributed by atoms with Crippen molar-refractivity contribution >= 4 is 0 Å². The minimum atomic E-state index is -0.273. The van der Waals surface area contributed by atoms with Crippen molar-refractivity contribution in [1.82, 2.24) is 0 Å². The molecule has 1 aliphatic carbocycles. The molecule has 1 heteroatoms. The third-order valence-electron chi connectivity index (χ3n) is 5.31. The summed E-state index contributed by atoms with van der Waals surface area (Å²) in [5.74, 6) is 0.524. The van der Waals surface area contributed by atoms with Crippen LogP contribution in [0.4, 0.5) is 0 Å². The molecule has 0 aliphatic heterocycles. The summed E-state index contributed by atoms with van der Waals surface area (Å²) < 4.78 is 0. The van der Waals surface area contributed by atoms with Gasteiger partial charge in [-0.25, -0.2) is 0 Å². The van der Waals surface area contributed by atoms with Crippen molar-refractivity contribution in [2.45, 2.75) is 71.8 Å². The van der Waals surface area contributed by atoms with E-state index in [4.69, 9.17) is 0 Å². The molecule has 0 radical (unpaired) electrons. The second-order valence-electron chi connectivity index (χ2n) is 6.83. The molecule has 1 aromatic carbocycles. The zero-order valence-corrected chi connectivity index (χ0v) is 13.4. The van der Waals surface area contributed by atoms with Gasteiger partial charge in [-0.05, 0) is 29.9 Å². The molecule has 0 bridgehead atoms. The summed E-state index contributed by atoms with van der Waals surface area (Å²) in [6.07, 6.45) is 8.48. The first-order valence-corrected chi connectivity index (χ1v) is 8.37. The van der Waals surface area contributed by atoms with Crippen LogP contribution in [0.3, 0.4) is 0 Å². The molecule has 0 saturated carbocycles. The predicted molar refractivity (Wildman–Crippen MR) is 85.8 cm³/mol. The smallest absolute Gasteiger partial charge is 0.0854 e. The first-order valence-electron chi connectivity index (χ1n) is 8.37. The average molecular weight is 274 g/mol. The van der Waals surface area contributed by atoms with Gasteiger partial charge in [0.2, 0.25) is 0 Å². The van der Waals surface area contributed by atoms with E-state index in [0.29, 0.717) is 5.92 Å². The molecule has 0 fully saturated rings. The maximum atomic E-state index is 10.9. The van der Waals surface area contributed by atoms with Crippen LogP contribution in [0.2, 0.25) is 0 Å². The molecular weight excluding hydrogens is 244 g/mol. The Bertz CT molecular complexity index is 424. The lowest BCUT2D eigenvalue weighted by Gasteiger charge is -2.37. The summed E-state index contributed by atoms with van der Waals surface area (Å²) in [7, 11) is 0. The Hall–Kier alpha value is -0.820. The van der Waals surface area contributed by atoms with Gasteiger partial charge in [-0.2, -0.15) is 0 Å². The normalized spacial score (nSPS) is 25.1. The second-order valence-corrected chi connectivity index (χ2v) is 6.83. The molecule has 0 heterocycles. The number of aliphatic hydroxyl groups excluding tert-OH is 1. The Kier molecular flexibility index (Phi) is 5.26. The van der Waals surface area contributed by atoms with Gasteiger partial charge in [0.15, 0.2) is 0 Å². The number of aliphatic hydroxyl groups is 1. The van der Waals surface area contributed by atoms with Gasteiger partial charge in [0.25, 0.3) is 0 Å². The fraction of sp³-hybridized carbons (Fsp3) is 0.684. The number of fused-ring (bicyclic) bond motifs is 1. The van der Waals surface area contributed by atoms with Crippen molar-refractivity contribution in [3.8, 4) is 0 Å². The average Bonchev–Trinajstić information content (AvgIpc) is 2.73. The summed E-state index contributed by atoms with van der Waals surface area (Å²) in [5.41, 5.74) is 2.60. The molecule has 0 amide bonds. The first-order chi connectivity index (χ1) is 9.62. The largest absolute Gasteiger partial charge is 0.388 e. The maximum absolute atomic E-state index is 10.9. The van der Waals surface area contributed by atoms with Crippen LogP contribution >= 0.6 is 0 Å². The fourth-order valence-electron chi connectivity index (χ4n) is 3.81. The van der Waals surface area contributed by atoms with E-state index in [9.17, 15) is 5.11 Å². The van der Waals surface area contributed by atoms with E-state index in [1.807, 2.05) is 0 Å². The summed E-state index contributed by atoms with van der Waals surface area (Å²) in [4.78, 5) is 0. The van der Waals surface area contributed by atoms with Crippen LogP contribution in [-0.4, -0.2) is 5.11 Å². The molecule has 1 aliphatic rings. The topological polar surface area (TPSA) is 20.2 Å². The van der Waals surface area contributed by atoms with Crippen LogP contribution < -0.4 is 0 Å². The molecule has 1 N–H and O–H groups in total. The van der Waals surface area contributed by atoms with Crippen LogP contribution in [0, 0.1) is 11.3 Å². The highest BCUT2D eigenvalue weighted by molar-refractivity contribution is 5.37. The number of hydrogen-bond donors (Lipinski definition) is 1. The van der Waals surface area contributed by atoms with E-state index in [1.165, 1.54) is 43.2 Å². The van der Waals surface area contributed by atoms with Crippen LogP contribution in [0.15, 0.2) is 24.3 Å². The van der Waals surface area contributed by atoms with Crippen LogP contribution in [0.1, 0.15) is 76.5 Å². The van der Waals surface area contributed by atoms with Crippen molar-refractivity contribution in [3.05, 3.63) is 35.4 Å². The standard InChI is InChI=1S/C19H30O/c1-4-5-6-7-10-13-19(15(2)3)14-16-11-8-9-12-17(16)18(19)20/h8-9,11-12,15,18,20H,4-7,10,13-14H2,1-3H3. The molecule has 0 aromatic heterocycles. The second kappa shape index (κ2) is 6.76. The number of unbranched alkanes of at least 4 members (excludes halogenated alkanes) is 4. The third kappa shape index (κ3) is 2.93. The predicted octanol–water partition coefficient (Wildman–Crippen LogP) is 5.28. The molecule has 112 valence electrons. The zero-order chi connectivity index (χ0) is 14.6. The third-order valence-corrected chi connectivity index (χ3v) is 5.31. The minimum Gasteiger partial charge on any atom is -0.388 e. The van der Waals surface area contributed by atoms with Crippen molar-refractivity contribution in [3.63, 3.8) is 0 Å². The van der Waals surface area contributed by atoms with Crippen molar-refractivity contribution in [2.75, 3.05) is 0 Å². The lowest BCUT2D eigenvalue weighted by Crippen LogP contribution is -2.32. The van der Waals surface area contributed by atoms with Crippen LogP contribution in [0.5, 0.6) is 0 Å². The monoisotopic (exact) mass is 274 g/mol. The van der Waals surface area contributed by atoms with Gasteiger partial charge in [0, 0.05) is 5.41 Å². The highest BCUT2D eigenvalue weighted by atomic mass is 16.3. The van der Waals surface area contributed by atoms with Crippen molar-refractivity contribution < 1.29 is 5.11 Å². The molecular formula is C19H30O. The van der Waals surface area contributed by atoms with Gasteiger partial charge in [0.05, 0.1) is 6.10 Å². The Labute approximate surface area is 124 Å². The Morgan fingerprint density at radius 3 is 2.50 bits per heavy atom. The van der Waals surface area contributed by atoms with Gasteiger partial charge in [0.1, 0.15) is 0 Å². The maximum Gasteiger partial charge on any atom is 0.0854 e. The zero-order valence-electron chi connectivity index (χ0n) is 13.4. The molecule has 0 saturated heterocycles. The summed E-state index contributed by atoms with van der Waals surface area (Å²) in [6, 6.07) is 8.46. The SMILES string of the molecule is CCCCCCCC1(C(C)C)Cc2ccccc2C1O. The first kappa shape index (κ1) is 15.6. The molecule has 2 atom stereocenters. The quantitative estimate of drug-likeness (QED) is 0.671. The molecule has 1 nitrogen and oxygen atoms in total. The van der Waals surface area contributed by atoms with Gasteiger partial charge < -0.3 is 5.11 Å². The van der Waals surface area contributed by atoms with Crippen LogP contribution in [0.25, 0.3) is 0 Å². The lowest BCUT2D eigenvalue weighted by atomic mass is 9.69. The Balaban J connectivity index is 2.05. The minimum absolute atomic E-state index is 0.0654. The van der Waals surface area contributed by atoms with Gasteiger partial charge in [-0.1, -0.05) is 77.1 Å². The van der Waals surface area contributed by atoms with E-state index >= 15 is 0 Å².